The number of aliphatic hydroxyl groups excluding tert-OH is 1. The molecule has 1 aliphatic rings. The summed E-state index contributed by atoms with van der Waals surface area (Å²) in [7, 11) is 3.05. The molecule has 32 heavy (non-hydrogen) atoms. The zero-order chi connectivity index (χ0) is 22.8. The quantitative estimate of drug-likeness (QED) is 0.510. The molecular weight excluding hydrogens is 410 g/mol. The molecule has 1 N–H and O–H groups in total. The molecule has 2 heterocycles. The number of fused-ring (bicyclic) bond motifs is 1. The number of ether oxygens (including phenoxy) is 2. The number of unbranched alkanes of at least 4 members (excludes halogenated alkanes) is 1. The topological polar surface area (TPSA) is 89.2 Å². The first-order valence-corrected chi connectivity index (χ1v) is 10.5. The zero-order valence-electron chi connectivity index (χ0n) is 18.3. The van der Waals surface area contributed by atoms with Gasteiger partial charge in [0, 0.05) is 17.5 Å². The first-order chi connectivity index (χ1) is 15.5. The van der Waals surface area contributed by atoms with Crippen LogP contribution in [0.15, 0.2) is 64.3 Å². The number of rotatable bonds is 8. The van der Waals surface area contributed by atoms with Crippen molar-refractivity contribution in [2.75, 3.05) is 20.8 Å². The Kier molecular flexibility index (Phi) is 5.90. The molecule has 7 heteroatoms. The van der Waals surface area contributed by atoms with Crippen LogP contribution in [0, 0.1) is 0 Å². The van der Waals surface area contributed by atoms with Crippen molar-refractivity contribution in [3.63, 3.8) is 0 Å². The van der Waals surface area contributed by atoms with E-state index in [1.54, 1.807) is 36.4 Å². The summed E-state index contributed by atoms with van der Waals surface area (Å²) >= 11 is 0. The van der Waals surface area contributed by atoms with Crippen molar-refractivity contribution < 1.29 is 28.6 Å². The van der Waals surface area contributed by atoms with Crippen LogP contribution in [-0.2, 0) is 4.79 Å². The molecule has 0 saturated heterocycles. The zero-order valence-corrected chi connectivity index (χ0v) is 18.3. The van der Waals surface area contributed by atoms with Crippen molar-refractivity contribution in [3.05, 3.63) is 71.2 Å². The number of nitrogens with zero attached hydrogens (tertiary/aromatic N) is 1. The summed E-state index contributed by atoms with van der Waals surface area (Å²) in [5.41, 5.74) is 1.04. The Morgan fingerprint density at radius 1 is 1.09 bits per heavy atom. The van der Waals surface area contributed by atoms with E-state index in [1.165, 1.54) is 19.1 Å². The second-order valence-corrected chi connectivity index (χ2v) is 7.58. The highest BCUT2D eigenvalue weighted by molar-refractivity contribution is 6.16. The minimum absolute atomic E-state index is 0.0198. The summed E-state index contributed by atoms with van der Waals surface area (Å²) in [5.74, 6) is -0.646. The van der Waals surface area contributed by atoms with Crippen LogP contribution < -0.4 is 9.47 Å². The summed E-state index contributed by atoms with van der Waals surface area (Å²) in [6.45, 7) is 2.41. The lowest BCUT2D eigenvalue weighted by Gasteiger charge is -2.27. The molecule has 0 spiro atoms. The lowest BCUT2D eigenvalue weighted by Crippen LogP contribution is -2.32. The SMILES string of the molecule is CCCCN1C(=O)C(O)=C(C(=O)c2cc3cccc(OC)c3o2)C1c1ccccc1OC. The van der Waals surface area contributed by atoms with Crippen molar-refractivity contribution in [1.82, 2.24) is 4.90 Å². The van der Waals surface area contributed by atoms with Gasteiger partial charge in [-0.3, -0.25) is 9.59 Å². The highest BCUT2D eigenvalue weighted by Gasteiger charge is 2.45. The summed E-state index contributed by atoms with van der Waals surface area (Å²) < 4.78 is 16.6. The van der Waals surface area contributed by atoms with Gasteiger partial charge in [-0.15, -0.1) is 0 Å². The first kappa shape index (κ1) is 21.5. The van der Waals surface area contributed by atoms with Gasteiger partial charge in [0.2, 0.25) is 5.78 Å². The smallest absolute Gasteiger partial charge is 0.290 e. The fourth-order valence-electron chi connectivity index (χ4n) is 4.10. The van der Waals surface area contributed by atoms with E-state index in [0.29, 0.717) is 34.6 Å². The van der Waals surface area contributed by atoms with E-state index in [4.69, 9.17) is 13.9 Å². The molecule has 0 bridgehead atoms. The summed E-state index contributed by atoms with van der Waals surface area (Å²) in [4.78, 5) is 28.1. The van der Waals surface area contributed by atoms with Crippen molar-refractivity contribution in [3.8, 4) is 11.5 Å². The van der Waals surface area contributed by atoms with Crippen molar-refractivity contribution in [1.29, 1.82) is 0 Å². The molecule has 1 unspecified atom stereocenters. The average Bonchev–Trinajstić information content (AvgIpc) is 3.36. The highest BCUT2D eigenvalue weighted by Crippen LogP contribution is 2.43. The maximum Gasteiger partial charge on any atom is 0.290 e. The molecule has 7 nitrogen and oxygen atoms in total. The van der Waals surface area contributed by atoms with E-state index in [9.17, 15) is 14.7 Å². The Morgan fingerprint density at radius 2 is 1.81 bits per heavy atom. The number of para-hydroxylation sites is 2. The predicted molar refractivity (Wildman–Crippen MR) is 119 cm³/mol. The number of hydrogen-bond acceptors (Lipinski definition) is 6. The molecule has 0 radical (unpaired) electrons. The Balaban J connectivity index is 1.84. The third-order valence-electron chi connectivity index (χ3n) is 5.69. The normalized spacial score (nSPS) is 16.2. The molecule has 2 aromatic carbocycles. The van der Waals surface area contributed by atoms with Crippen LogP contribution in [0.5, 0.6) is 11.5 Å². The number of amides is 1. The number of ketones is 1. The Hall–Kier alpha value is -3.74. The highest BCUT2D eigenvalue weighted by atomic mass is 16.5. The molecule has 1 aromatic heterocycles. The number of Topliss-reactive ketones (excluding diaryl/α,β-unsaturated/α-hetero) is 1. The van der Waals surface area contributed by atoms with Crippen molar-refractivity contribution >= 4 is 22.7 Å². The number of aliphatic hydroxyl groups is 1. The maximum atomic E-state index is 13.6. The number of hydrogen-bond donors (Lipinski definition) is 1. The van der Waals surface area contributed by atoms with Crippen molar-refractivity contribution in [2.45, 2.75) is 25.8 Å². The van der Waals surface area contributed by atoms with Crippen LogP contribution in [0.3, 0.4) is 0 Å². The molecule has 1 atom stereocenters. The minimum Gasteiger partial charge on any atom is -0.503 e. The van der Waals surface area contributed by atoms with Crippen LogP contribution in [-0.4, -0.2) is 42.5 Å². The largest absolute Gasteiger partial charge is 0.503 e. The lowest BCUT2D eigenvalue weighted by molar-refractivity contribution is -0.129. The number of methoxy groups -OCH3 is 2. The number of benzene rings is 2. The van der Waals surface area contributed by atoms with E-state index < -0.39 is 23.5 Å². The van der Waals surface area contributed by atoms with Crippen LogP contribution in [0.4, 0.5) is 0 Å². The van der Waals surface area contributed by atoms with Gasteiger partial charge >= 0.3 is 0 Å². The lowest BCUT2D eigenvalue weighted by atomic mass is 9.94. The number of carbonyl (C=O) groups is 2. The first-order valence-electron chi connectivity index (χ1n) is 10.5. The fraction of sp³-hybridized carbons (Fsp3) is 0.280. The van der Waals surface area contributed by atoms with Gasteiger partial charge in [0.1, 0.15) is 5.75 Å². The van der Waals surface area contributed by atoms with E-state index >= 15 is 0 Å². The monoisotopic (exact) mass is 435 g/mol. The molecule has 0 aliphatic carbocycles. The molecule has 0 saturated carbocycles. The number of furan rings is 1. The third kappa shape index (κ3) is 3.49. The maximum absolute atomic E-state index is 13.6. The summed E-state index contributed by atoms with van der Waals surface area (Å²) in [6, 6.07) is 13.3. The van der Waals surface area contributed by atoms with Gasteiger partial charge in [-0.25, -0.2) is 0 Å². The molecule has 0 fully saturated rings. The Bertz CT molecular complexity index is 1210. The van der Waals surface area contributed by atoms with E-state index in [1.807, 2.05) is 19.1 Å². The van der Waals surface area contributed by atoms with E-state index in [2.05, 4.69) is 0 Å². The summed E-state index contributed by atoms with van der Waals surface area (Å²) in [6.07, 6.45) is 1.59. The molecule has 1 amide bonds. The van der Waals surface area contributed by atoms with Gasteiger partial charge in [-0.05, 0) is 24.6 Å². The number of carbonyl (C=O) groups excluding carboxylic acids is 2. The van der Waals surface area contributed by atoms with E-state index in [0.717, 1.165) is 12.8 Å². The molecular formula is C25H25NO6. The molecule has 1 aliphatic heterocycles. The second-order valence-electron chi connectivity index (χ2n) is 7.58. The summed E-state index contributed by atoms with van der Waals surface area (Å²) in [5, 5.41) is 11.5. The van der Waals surface area contributed by atoms with Gasteiger partial charge in [0.25, 0.3) is 5.91 Å². The fourth-order valence-corrected chi connectivity index (χ4v) is 4.10. The molecule has 3 aromatic rings. The van der Waals surface area contributed by atoms with Crippen LogP contribution in [0.25, 0.3) is 11.0 Å². The second kappa shape index (κ2) is 8.78. The third-order valence-corrected chi connectivity index (χ3v) is 5.69. The standard InChI is InChI=1S/C25H25NO6/c1-4-5-13-26-21(16-10-6-7-11-17(16)30-2)20(23(28)25(26)29)22(27)19-14-15-9-8-12-18(31-3)24(15)32-19/h6-12,14,21,28H,4-5,13H2,1-3H3. The molecule has 166 valence electrons. The van der Waals surface area contributed by atoms with Gasteiger partial charge in [0.05, 0.1) is 25.8 Å². The van der Waals surface area contributed by atoms with Gasteiger partial charge in [0.15, 0.2) is 22.9 Å². The Labute approximate surface area is 185 Å². The minimum atomic E-state index is -0.784. The van der Waals surface area contributed by atoms with E-state index in [-0.39, 0.29) is 11.3 Å². The van der Waals surface area contributed by atoms with Crippen molar-refractivity contribution in [2.24, 2.45) is 0 Å². The Morgan fingerprint density at radius 3 is 2.53 bits per heavy atom. The average molecular weight is 435 g/mol. The van der Waals surface area contributed by atoms with Crippen LogP contribution in [0.2, 0.25) is 0 Å². The van der Waals surface area contributed by atoms with Gasteiger partial charge < -0.3 is 23.9 Å². The van der Waals surface area contributed by atoms with Gasteiger partial charge in [-0.2, -0.15) is 0 Å². The molecule has 4 rings (SSSR count). The van der Waals surface area contributed by atoms with Crippen LogP contribution in [0.1, 0.15) is 41.9 Å². The van der Waals surface area contributed by atoms with Crippen LogP contribution >= 0.6 is 0 Å². The van der Waals surface area contributed by atoms with Gasteiger partial charge in [-0.1, -0.05) is 43.7 Å². The predicted octanol–water partition coefficient (Wildman–Crippen LogP) is 4.83.